The second-order valence-electron chi connectivity index (χ2n) is 13.9. The highest BCUT2D eigenvalue weighted by Crippen LogP contribution is 2.47. The van der Waals surface area contributed by atoms with Crippen LogP contribution in [0.1, 0.15) is 0 Å². The van der Waals surface area contributed by atoms with Crippen molar-refractivity contribution in [2.45, 2.75) is 0 Å². The highest BCUT2D eigenvalue weighted by molar-refractivity contribution is 6.16. The molecule has 0 fully saturated rings. The summed E-state index contributed by atoms with van der Waals surface area (Å²) in [5, 5.41) is 9.84. The highest BCUT2D eigenvalue weighted by Gasteiger charge is 2.24. The quantitative estimate of drug-likeness (QED) is 0.189. The Labute approximate surface area is 298 Å². The summed E-state index contributed by atoms with van der Waals surface area (Å²) in [5.74, 6) is 0.907. The lowest BCUT2D eigenvalue weighted by molar-refractivity contribution is 1.08. The van der Waals surface area contributed by atoms with Crippen molar-refractivity contribution in [3.8, 4) is 45.0 Å². The number of nitrogens with zero attached hydrogens (tertiary/aromatic N) is 4. The zero-order valence-electron chi connectivity index (χ0n) is 28.0. The van der Waals surface area contributed by atoms with E-state index in [1.54, 1.807) is 0 Å². The average molecular weight is 661 g/mol. The lowest BCUT2D eigenvalue weighted by atomic mass is 10.00. The van der Waals surface area contributed by atoms with Crippen LogP contribution in [0.4, 0.5) is 0 Å². The van der Waals surface area contributed by atoms with E-state index in [0.29, 0.717) is 0 Å². The van der Waals surface area contributed by atoms with E-state index in [-0.39, 0.29) is 0 Å². The van der Waals surface area contributed by atoms with E-state index >= 15 is 0 Å². The molecule has 11 aromatic rings. The Balaban J connectivity index is 1.05. The van der Waals surface area contributed by atoms with Crippen molar-refractivity contribution in [2.75, 3.05) is 0 Å². The van der Waals surface area contributed by atoms with Gasteiger partial charge in [0.25, 0.3) is 0 Å². The topological polar surface area (TPSA) is 35.6 Å². The summed E-state index contributed by atoms with van der Waals surface area (Å²) in [6, 6.07) is 57.4. The average Bonchev–Trinajstić information content (AvgIpc) is 3.83. The van der Waals surface area contributed by atoms with Gasteiger partial charge in [-0.1, -0.05) is 91.0 Å². The Morgan fingerprint density at radius 3 is 1.90 bits per heavy atom. The van der Waals surface area contributed by atoms with Crippen LogP contribution in [0.5, 0.6) is 0 Å². The second-order valence-corrected chi connectivity index (χ2v) is 13.9. The minimum atomic E-state index is 0.907. The van der Waals surface area contributed by atoms with Gasteiger partial charge in [-0.25, -0.2) is 4.98 Å². The number of para-hydroxylation sites is 2. The third-order valence-corrected chi connectivity index (χ3v) is 11.1. The Bertz CT molecular complexity index is 3290. The van der Waals surface area contributed by atoms with E-state index in [1.807, 2.05) is 12.4 Å². The van der Waals surface area contributed by atoms with Crippen molar-refractivity contribution in [3.05, 3.63) is 170 Å². The molecule has 0 saturated carbocycles. The summed E-state index contributed by atoms with van der Waals surface area (Å²) in [6.07, 6.45) is 3.90. The maximum Gasteiger partial charge on any atom is 0.138 e. The van der Waals surface area contributed by atoms with Crippen LogP contribution in [-0.4, -0.2) is 19.1 Å². The van der Waals surface area contributed by atoms with Gasteiger partial charge in [0.05, 0.1) is 27.8 Å². The summed E-state index contributed by atoms with van der Waals surface area (Å²) >= 11 is 0. The van der Waals surface area contributed by atoms with Gasteiger partial charge in [-0.05, 0) is 105 Å². The minimum Gasteiger partial charge on any atom is -0.309 e. The zero-order chi connectivity index (χ0) is 33.9. The standard InChI is InChI=1S/C48H28N4/c1-2-12-34(13-3-1)51-43-19-17-33(25-39(43)40-23-30-9-4-5-10-31(30)26-45(40)51)32-18-20-44-38(24-32)35-14-6-7-16-42(35)52(44)46-27-37-36-15-8-11-29-21-22-49-48(47(29)36)41(37)28-50-46/h1-28H. The lowest BCUT2D eigenvalue weighted by Crippen LogP contribution is -1.98. The molecule has 7 aromatic carbocycles. The SMILES string of the molecule is c1ccc(-n2c3ccc(-c4ccc5c(c4)c4ccccc4n5-c4cc5c(cn4)-c4nccc6cccc-5c46)cc3c3cc4ccccc4cc32)cc1. The molecule has 1 aliphatic carbocycles. The number of rotatable bonds is 3. The minimum absolute atomic E-state index is 0.907. The van der Waals surface area contributed by atoms with Crippen LogP contribution >= 0.6 is 0 Å². The zero-order valence-corrected chi connectivity index (χ0v) is 28.0. The van der Waals surface area contributed by atoms with Crippen molar-refractivity contribution in [2.24, 2.45) is 0 Å². The highest BCUT2D eigenvalue weighted by atomic mass is 15.1. The summed E-state index contributed by atoms with van der Waals surface area (Å²) in [4.78, 5) is 9.84. The molecule has 4 heteroatoms. The van der Waals surface area contributed by atoms with E-state index in [2.05, 4.69) is 167 Å². The first-order valence-corrected chi connectivity index (χ1v) is 17.7. The normalized spacial score (nSPS) is 12.2. The first-order chi connectivity index (χ1) is 25.8. The molecule has 0 amide bonds. The molecule has 0 spiro atoms. The molecule has 4 nitrogen and oxygen atoms in total. The molecule has 4 heterocycles. The molecule has 0 atom stereocenters. The van der Waals surface area contributed by atoms with Crippen molar-refractivity contribution in [3.63, 3.8) is 0 Å². The largest absolute Gasteiger partial charge is 0.309 e. The fraction of sp³-hybridized carbons (Fsp3) is 0. The Kier molecular flexibility index (Phi) is 5.47. The molecule has 0 radical (unpaired) electrons. The van der Waals surface area contributed by atoms with Gasteiger partial charge in [-0.3, -0.25) is 9.55 Å². The number of pyridine rings is 2. The molecule has 1 aliphatic rings. The third kappa shape index (κ3) is 3.75. The van der Waals surface area contributed by atoms with Crippen LogP contribution in [-0.2, 0) is 0 Å². The van der Waals surface area contributed by atoms with Gasteiger partial charge >= 0.3 is 0 Å². The molecule has 12 rings (SSSR count). The van der Waals surface area contributed by atoms with Gasteiger partial charge in [-0.2, -0.15) is 0 Å². The van der Waals surface area contributed by atoms with Gasteiger partial charge in [0, 0.05) is 50.6 Å². The number of hydrogen-bond donors (Lipinski definition) is 0. The Morgan fingerprint density at radius 1 is 0.385 bits per heavy atom. The van der Waals surface area contributed by atoms with Gasteiger partial charge < -0.3 is 4.57 Å². The molecule has 52 heavy (non-hydrogen) atoms. The molecule has 0 saturated heterocycles. The molecule has 0 N–H and O–H groups in total. The summed E-state index contributed by atoms with van der Waals surface area (Å²) < 4.78 is 4.71. The smallest absolute Gasteiger partial charge is 0.138 e. The Hall–Kier alpha value is -7.04. The first-order valence-electron chi connectivity index (χ1n) is 17.7. The van der Waals surface area contributed by atoms with Crippen molar-refractivity contribution in [1.29, 1.82) is 0 Å². The number of hydrogen-bond acceptors (Lipinski definition) is 2. The van der Waals surface area contributed by atoms with E-state index in [0.717, 1.165) is 33.8 Å². The van der Waals surface area contributed by atoms with E-state index in [4.69, 9.17) is 9.97 Å². The number of aromatic nitrogens is 4. The molecular formula is C48H28N4. The summed E-state index contributed by atoms with van der Waals surface area (Å²) in [5.41, 5.74) is 12.8. The van der Waals surface area contributed by atoms with Crippen molar-refractivity contribution >= 4 is 65.2 Å². The van der Waals surface area contributed by atoms with Crippen LogP contribution in [0.3, 0.4) is 0 Å². The number of fused-ring (bicyclic) bond motifs is 10. The third-order valence-electron chi connectivity index (χ3n) is 11.1. The molecule has 0 unspecified atom stereocenters. The predicted octanol–water partition coefficient (Wildman–Crippen LogP) is 12.3. The van der Waals surface area contributed by atoms with Crippen molar-refractivity contribution in [1.82, 2.24) is 19.1 Å². The molecule has 4 aromatic heterocycles. The fourth-order valence-corrected chi connectivity index (χ4v) is 8.78. The fourth-order valence-electron chi connectivity index (χ4n) is 8.78. The van der Waals surface area contributed by atoms with E-state index in [9.17, 15) is 0 Å². The maximum absolute atomic E-state index is 5.08. The first kappa shape index (κ1) is 27.7. The van der Waals surface area contributed by atoms with Gasteiger partial charge in [0.1, 0.15) is 5.82 Å². The molecular weight excluding hydrogens is 633 g/mol. The van der Waals surface area contributed by atoms with Gasteiger partial charge in [-0.15, -0.1) is 0 Å². The molecule has 0 aliphatic heterocycles. The van der Waals surface area contributed by atoms with Gasteiger partial charge in [0.2, 0.25) is 0 Å². The Morgan fingerprint density at radius 2 is 1.06 bits per heavy atom. The van der Waals surface area contributed by atoms with E-state index in [1.165, 1.54) is 76.4 Å². The number of benzene rings is 7. The van der Waals surface area contributed by atoms with Crippen LogP contribution in [0.15, 0.2) is 170 Å². The second kappa shape index (κ2) is 10.3. The van der Waals surface area contributed by atoms with Crippen LogP contribution in [0.25, 0.3) is 110 Å². The van der Waals surface area contributed by atoms with Crippen LogP contribution < -0.4 is 0 Å². The van der Waals surface area contributed by atoms with Crippen LogP contribution in [0, 0.1) is 0 Å². The summed E-state index contributed by atoms with van der Waals surface area (Å²) in [6.45, 7) is 0. The summed E-state index contributed by atoms with van der Waals surface area (Å²) in [7, 11) is 0. The lowest BCUT2D eigenvalue weighted by Gasteiger charge is -2.10. The van der Waals surface area contributed by atoms with Crippen LogP contribution in [0.2, 0.25) is 0 Å². The van der Waals surface area contributed by atoms with Gasteiger partial charge in [0.15, 0.2) is 0 Å². The molecule has 0 bridgehead atoms. The van der Waals surface area contributed by atoms with E-state index < -0.39 is 0 Å². The maximum atomic E-state index is 5.08. The predicted molar refractivity (Wildman–Crippen MR) is 216 cm³/mol. The molecule has 240 valence electrons. The van der Waals surface area contributed by atoms with Crippen molar-refractivity contribution < 1.29 is 0 Å². The monoisotopic (exact) mass is 660 g/mol.